The van der Waals surface area contributed by atoms with Gasteiger partial charge in [0.25, 0.3) is 5.91 Å². The maximum Gasteiger partial charge on any atom is 0.275 e. The summed E-state index contributed by atoms with van der Waals surface area (Å²) in [6.45, 7) is 6.02. The largest absolute Gasteiger partial charge is 0.411 e. The molecule has 2 aromatic rings. The molecule has 0 bridgehead atoms. The van der Waals surface area contributed by atoms with E-state index in [1.807, 2.05) is 13.8 Å². The molecular weight excluding hydrogens is 278 g/mol. The molecule has 0 atom stereocenters. The van der Waals surface area contributed by atoms with Gasteiger partial charge in [-0.2, -0.15) is 5.10 Å². The van der Waals surface area contributed by atoms with Crippen molar-refractivity contribution < 1.29 is 10.0 Å². The van der Waals surface area contributed by atoms with Gasteiger partial charge in [-0.05, 0) is 26.8 Å². The Morgan fingerprint density at radius 3 is 3.00 bits per heavy atom. The fraction of sp³-hybridized carbons (Fsp3) is 0.333. The number of amides is 1. The Morgan fingerprint density at radius 1 is 1.60 bits per heavy atom. The highest BCUT2D eigenvalue weighted by Crippen LogP contribution is 2.17. The van der Waals surface area contributed by atoms with Crippen LogP contribution in [0.2, 0.25) is 0 Å². The van der Waals surface area contributed by atoms with E-state index in [0.29, 0.717) is 28.8 Å². The molecule has 8 heteroatoms. The number of oxime groups is 1. The second kappa shape index (κ2) is 5.83. The lowest BCUT2D eigenvalue weighted by Crippen LogP contribution is -2.17. The summed E-state index contributed by atoms with van der Waals surface area (Å²) in [5, 5.41) is 20.9. The van der Waals surface area contributed by atoms with Crippen LogP contribution >= 0.6 is 11.3 Å². The molecule has 0 aromatic carbocycles. The number of nitrogens with one attached hydrogen (secondary N) is 1. The maximum absolute atomic E-state index is 12.2. The number of anilines is 1. The highest BCUT2D eigenvalue weighted by Gasteiger charge is 2.15. The Balaban J connectivity index is 2.17. The number of carbonyl (C=O) groups is 1. The first kappa shape index (κ1) is 14.2. The van der Waals surface area contributed by atoms with Crippen molar-refractivity contribution in [3.05, 3.63) is 28.5 Å². The van der Waals surface area contributed by atoms with Gasteiger partial charge in [-0.1, -0.05) is 5.16 Å². The van der Waals surface area contributed by atoms with Crippen LogP contribution in [0.4, 0.5) is 5.13 Å². The van der Waals surface area contributed by atoms with Gasteiger partial charge in [-0.3, -0.25) is 14.8 Å². The number of rotatable bonds is 4. The smallest absolute Gasteiger partial charge is 0.275 e. The van der Waals surface area contributed by atoms with E-state index in [0.717, 1.165) is 5.69 Å². The molecule has 0 radical (unpaired) electrons. The third-order valence-corrected chi connectivity index (χ3v) is 3.44. The molecule has 0 fully saturated rings. The van der Waals surface area contributed by atoms with Gasteiger partial charge in [0.2, 0.25) is 0 Å². The van der Waals surface area contributed by atoms with Crippen molar-refractivity contribution in [3.8, 4) is 0 Å². The number of thiazole rings is 1. The van der Waals surface area contributed by atoms with Crippen LogP contribution in [0.15, 0.2) is 16.6 Å². The summed E-state index contributed by atoms with van der Waals surface area (Å²) in [7, 11) is 0. The number of aromatic nitrogens is 3. The summed E-state index contributed by atoms with van der Waals surface area (Å²) >= 11 is 1.27. The quantitative estimate of drug-likeness (QED) is 0.513. The molecule has 0 aliphatic heterocycles. The Kier molecular flexibility index (Phi) is 4.14. The average Bonchev–Trinajstić information content (AvgIpc) is 3.04. The van der Waals surface area contributed by atoms with E-state index < -0.39 is 0 Å². The first-order chi connectivity index (χ1) is 9.55. The zero-order valence-electron chi connectivity index (χ0n) is 11.4. The van der Waals surface area contributed by atoms with Crippen LogP contribution in [0, 0.1) is 6.92 Å². The third-order valence-electron chi connectivity index (χ3n) is 2.68. The van der Waals surface area contributed by atoms with Crippen LogP contribution in [0.25, 0.3) is 0 Å². The number of nitrogens with zero attached hydrogens (tertiary/aromatic N) is 4. The molecule has 0 spiro atoms. The zero-order chi connectivity index (χ0) is 14.7. The summed E-state index contributed by atoms with van der Waals surface area (Å²) in [6.07, 6.45) is 0. The molecule has 106 valence electrons. The fourth-order valence-electron chi connectivity index (χ4n) is 1.68. The van der Waals surface area contributed by atoms with Crippen molar-refractivity contribution in [1.82, 2.24) is 14.8 Å². The van der Waals surface area contributed by atoms with Gasteiger partial charge in [-0.25, -0.2) is 4.98 Å². The molecule has 0 unspecified atom stereocenters. The molecule has 2 aromatic heterocycles. The van der Waals surface area contributed by atoms with Gasteiger partial charge in [-0.15, -0.1) is 11.3 Å². The van der Waals surface area contributed by atoms with E-state index >= 15 is 0 Å². The van der Waals surface area contributed by atoms with Gasteiger partial charge in [0.05, 0.1) is 5.69 Å². The number of hydrogen-bond acceptors (Lipinski definition) is 6. The summed E-state index contributed by atoms with van der Waals surface area (Å²) in [5.74, 6) is -0.257. The highest BCUT2D eigenvalue weighted by atomic mass is 32.1. The predicted octanol–water partition coefficient (Wildman–Crippen LogP) is 2.12. The van der Waals surface area contributed by atoms with Crippen molar-refractivity contribution in [3.63, 3.8) is 0 Å². The van der Waals surface area contributed by atoms with Crippen LogP contribution in [0.1, 0.15) is 35.7 Å². The summed E-state index contributed by atoms with van der Waals surface area (Å²) in [4.78, 5) is 16.3. The SMILES string of the molecule is CCn1nc(C)cc1C(=O)Nc1nc(C(C)=NO)cs1. The van der Waals surface area contributed by atoms with Gasteiger partial charge in [0.15, 0.2) is 5.13 Å². The molecule has 0 saturated carbocycles. The normalized spacial score (nSPS) is 11.7. The van der Waals surface area contributed by atoms with Gasteiger partial charge in [0.1, 0.15) is 17.1 Å². The zero-order valence-corrected chi connectivity index (χ0v) is 12.2. The topological polar surface area (TPSA) is 92.4 Å². The minimum atomic E-state index is -0.257. The average molecular weight is 293 g/mol. The van der Waals surface area contributed by atoms with Crippen LogP contribution in [-0.2, 0) is 6.54 Å². The molecule has 7 nitrogen and oxygen atoms in total. The molecule has 0 aliphatic rings. The van der Waals surface area contributed by atoms with Crippen molar-refractivity contribution >= 4 is 28.1 Å². The van der Waals surface area contributed by atoms with E-state index in [9.17, 15) is 4.79 Å². The highest BCUT2D eigenvalue weighted by molar-refractivity contribution is 7.14. The Labute approximate surface area is 120 Å². The van der Waals surface area contributed by atoms with E-state index in [2.05, 4.69) is 20.6 Å². The monoisotopic (exact) mass is 293 g/mol. The second-order valence-corrected chi connectivity index (χ2v) is 5.02. The Hall–Kier alpha value is -2.22. The Morgan fingerprint density at radius 2 is 2.35 bits per heavy atom. The number of hydrogen-bond donors (Lipinski definition) is 2. The molecule has 2 heterocycles. The summed E-state index contributed by atoms with van der Waals surface area (Å²) in [6, 6.07) is 1.73. The summed E-state index contributed by atoms with van der Waals surface area (Å²) in [5.41, 5.74) is 2.22. The molecule has 2 N–H and O–H groups in total. The lowest BCUT2D eigenvalue weighted by molar-refractivity contribution is 0.101. The van der Waals surface area contributed by atoms with E-state index in [4.69, 9.17) is 5.21 Å². The minimum Gasteiger partial charge on any atom is -0.411 e. The molecule has 0 aliphatic carbocycles. The van der Waals surface area contributed by atoms with Crippen LogP contribution in [0.5, 0.6) is 0 Å². The molecule has 1 amide bonds. The predicted molar refractivity (Wildman–Crippen MR) is 76.7 cm³/mol. The van der Waals surface area contributed by atoms with E-state index in [1.165, 1.54) is 11.3 Å². The first-order valence-electron chi connectivity index (χ1n) is 6.05. The second-order valence-electron chi connectivity index (χ2n) is 4.16. The van der Waals surface area contributed by atoms with E-state index in [-0.39, 0.29) is 5.91 Å². The lowest BCUT2D eigenvalue weighted by atomic mass is 10.3. The van der Waals surface area contributed by atoms with Gasteiger partial charge in [0, 0.05) is 11.9 Å². The van der Waals surface area contributed by atoms with Crippen LogP contribution in [0.3, 0.4) is 0 Å². The van der Waals surface area contributed by atoms with Gasteiger partial charge < -0.3 is 5.21 Å². The molecule has 20 heavy (non-hydrogen) atoms. The summed E-state index contributed by atoms with van der Waals surface area (Å²) < 4.78 is 1.64. The standard InChI is InChI=1S/C12H15N5O2S/c1-4-17-10(5-7(2)15-17)11(18)14-12-13-9(6-20-12)8(3)16-19/h5-6,19H,4H2,1-3H3,(H,13,14,18). The maximum atomic E-state index is 12.2. The van der Waals surface area contributed by atoms with Crippen molar-refractivity contribution in [1.29, 1.82) is 0 Å². The lowest BCUT2D eigenvalue weighted by Gasteiger charge is -2.03. The van der Waals surface area contributed by atoms with Crippen molar-refractivity contribution in [2.75, 3.05) is 5.32 Å². The molecule has 0 saturated heterocycles. The van der Waals surface area contributed by atoms with Gasteiger partial charge >= 0.3 is 0 Å². The van der Waals surface area contributed by atoms with Crippen LogP contribution in [-0.4, -0.2) is 31.6 Å². The van der Waals surface area contributed by atoms with E-state index in [1.54, 1.807) is 23.1 Å². The first-order valence-corrected chi connectivity index (χ1v) is 6.93. The minimum absolute atomic E-state index is 0.257. The van der Waals surface area contributed by atoms with Crippen molar-refractivity contribution in [2.24, 2.45) is 5.16 Å². The molecular formula is C12H15N5O2S. The third kappa shape index (κ3) is 2.85. The number of aryl methyl sites for hydroxylation is 2. The van der Waals surface area contributed by atoms with Crippen LogP contribution < -0.4 is 5.32 Å². The fourth-order valence-corrected chi connectivity index (χ4v) is 2.43. The number of carbonyl (C=O) groups excluding carboxylic acids is 1. The molecule has 2 rings (SSSR count). The Bertz CT molecular complexity index is 659. The van der Waals surface area contributed by atoms with Crippen molar-refractivity contribution in [2.45, 2.75) is 27.3 Å².